The van der Waals surface area contributed by atoms with Gasteiger partial charge in [-0.3, -0.25) is 4.98 Å². The number of pyridine rings is 1. The Labute approximate surface area is 155 Å². The Hall–Kier alpha value is -1.49. The van der Waals surface area contributed by atoms with Crippen LogP contribution in [0.3, 0.4) is 0 Å². The van der Waals surface area contributed by atoms with Crippen molar-refractivity contribution in [2.75, 3.05) is 11.0 Å². The average Bonchev–Trinajstić information content (AvgIpc) is 3.33. The fraction of sp³-hybridized carbons (Fsp3) is 0.211. The third kappa shape index (κ3) is 3.32. The lowest BCUT2D eigenvalue weighted by Gasteiger charge is -2.06. The van der Waals surface area contributed by atoms with Crippen molar-refractivity contribution in [3.63, 3.8) is 0 Å². The minimum absolute atomic E-state index is 0.675. The zero-order chi connectivity index (χ0) is 16.5. The van der Waals surface area contributed by atoms with Gasteiger partial charge in [-0.25, -0.2) is 0 Å². The molecule has 2 heterocycles. The van der Waals surface area contributed by atoms with E-state index in [1.165, 1.54) is 34.5 Å². The molecule has 4 rings (SSSR count). The number of benzene rings is 1. The minimum Gasteiger partial charge on any atom is -0.330 e. The van der Waals surface area contributed by atoms with Crippen LogP contribution in [0.2, 0.25) is 5.02 Å². The van der Waals surface area contributed by atoms with Crippen molar-refractivity contribution < 1.29 is 0 Å². The van der Waals surface area contributed by atoms with Crippen LogP contribution in [0.5, 0.6) is 0 Å². The van der Waals surface area contributed by atoms with Crippen LogP contribution in [-0.2, 0) is 0 Å². The summed E-state index contributed by atoms with van der Waals surface area (Å²) in [4.78, 5) is 5.70. The van der Waals surface area contributed by atoms with E-state index in [1.54, 1.807) is 23.3 Å². The summed E-state index contributed by atoms with van der Waals surface area (Å²) in [6, 6.07) is 12.7. The van der Waals surface area contributed by atoms with Gasteiger partial charge in [0, 0.05) is 40.2 Å². The van der Waals surface area contributed by atoms with Gasteiger partial charge in [0.1, 0.15) is 0 Å². The maximum Gasteiger partial charge on any atom is 0.0513 e. The van der Waals surface area contributed by atoms with E-state index in [2.05, 4.69) is 45.4 Å². The lowest BCUT2D eigenvalue weighted by atomic mass is 10.1. The SMILES string of the molecule is CSNc1ccc(-c2cc(-c3ccnc(C4CC4)c3)cs2)c(Cl)c1. The highest BCUT2D eigenvalue weighted by Crippen LogP contribution is 2.41. The van der Waals surface area contributed by atoms with Gasteiger partial charge in [0.05, 0.1) is 5.02 Å². The molecular formula is C19H17ClN2S2. The summed E-state index contributed by atoms with van der Waals surface area (Å²) in [6.45, 7) is 0. The first-order valence-electron chi connectivity index (χ1n) is 7.88. The van der Waals surface area contributed by atoms with Gasteiger partial charge in [0.2, 0.25) is 0 Å². The molecule has 122 valence electrons. The van der Waals surface area contributed by atoms with Crippen molar-refractivity contribution in [2.45, 2.75) is 18.8 Å². The first kappa shape index (κ1) is 16.0. The van der Waals surface area contributed by atoms with Crippen molar-refractivity contribution in [1.82, 2.24) is 4.98 Å². The van der Waals surface area contributed by atoms with Crippen LogP contribution in [0.1, 0.15) is 24.5 Å². The van der Waals surface area contributed by atoms with E-state index in [4.69, 9.17) is 11.6 Å². The van der Waals surface area contributed by atoms with Gasteiger partial charge in [-0.05, 0) is 65.7 Å². The zero-order valence-electron chi connectivity index (χ0n) is 13.3. The predicted octanol–water partition coefficient (Wildman–Crippen LogP) is 6.70. The topological polar surface area (TPSA) is 24.9 Å². The van der Waals surface area contributed by atoms with Crippen LogP contribution in [-0.4, -0.2) is 11.2 Å². The molecular weight excluding hydrogens is 356 g/mol. The molecule has 5 heteroatoms. The van der Waals surface area contributed by atoms with E-state index in [9.17, 15) is 0 Å². The summed E-state index contributed by atoms with van der Waals surface area (Å²) < 4.78 is 3.21. The fourth-order valence-corrected chi connectivity index (χ4v) is 4.41. The molecule has 0 spiro atoms. The van der Waals surface area contributed by atoms with Crippen molar-refractivity contribution in [2.24, 2.45) is 0 Å². The monoisotopic (exact) mass is 372 g/mol. The Morgan fingerprint density at radius 3 is 2.79 bits per heavy atom. The van der Waals surface area contributed by atoms with Gasteiger partial charge in [-0.1, -0.05) is 23.5 Å². The number of hydrogen-bond acceptors (Lipinski definition) is 4. The molecule has 2 nitrogen and oxygen atoms in total. The van der Waals surface area contributed by atoms with Crippen LogP contribution < -0.4 is 4.72 Å². The number of thiophene rings is 1. The van der Waals surface area contributed by atoms with Crippen molar-refractivity contribution >= 4 is 40.6 Å². The number of anilines is 1. The molecule has 0 saturated heterocycles. The zero-order valence-corrected chi connectivity index (χ0v) is 15.6. The molecule has 1 saturated carbocycles. The summed E-state index contributed by atoms with van der Waals surface area (Å²) in [6.07, 6.45) is 6.48. The Kier molecular flexibility index (Phi) is 4.53. The first-order valence-corrected chi connectivity index (χ1v) is 10.4. The number of rotatable bonds is 5. The molecule has 1 aliphatic carbocycles. The molecule has 1 aromatic carbocycles. The summed E-state index contributed by atoms with van der Waals surface area (Å²) in [5.41, 5.74) is 5.81. The van der Waals surface area contributed by atoms with Gasteiger partial charge in [0.25, 0.3) is 0 Å². The van der Waals surface area contributed by atoms with Crippen LogP contribution in [0.15, 0.2) is 48.0 Å². The highest BCUT2D eigenvalue weighted by molar-refractivity contribution is 7.99. The predicted molar refractivity (Wildman–Crippen MR) is 107 cm³/mol. The van der Waals surface area contributed by atoms with Crippen molar-refractivity contribution in [3.8, 4) is 21.6 Å². The maximum absolute atomic E-state index is 6.48. The first-order chi connectivity index (χ1) is 11.7. The van der Waals surface area contributed by atoms with Gasteiger partial charge in [-0.2, -0.15) is 0 Å². The largest absolute Gasteiger partial charge is 0.330 e. The van der Waals surface area contributed by atoms with Gasteiger partial charge in [0.15, 0.2) is 0 Å². The summed E-state index contributed by atoms with van der Waals surface area (Å²) in [5.74, 6) is 0.675. The van der Waals surface area contributed by atoms with E-state index < -0.39 is 0 Å². The van der Waals surface area contributed by atoms with Crippen LogP contribution >= 0.6 is 34.9 Å². The Morgan fingerprint density at radius 1 is 1.17 bits per heavy atom. The lowest BCUT2D eigenvalue weighted by Crippen LogP contribution is -1.86. The molecule has 2 aromatic heterocycles. The molecule has 1 N–H and O–H groups in total. The lowest BCUT2D eigenvalue weighted by molar-refractivity contribution is 1.02. The second-order valence-electron chi connectivity index (χ2n) is 5.94. The molecule has 0 aliphatic heterocycles. The van der Waals surface area contributed by atoms with E-state index in [0.717, 1.165) is 16.3 Å². The molecule has 3 aromatic rings. The summed E-state index contributed by atoms with van der Waals surface area (Å²) >= 11 is 9.77. The normalized spacial score (nSPS) is 13.9. The van der Waals surface area contributed by atoms with Crippen molar-refractivity contribution in [3.05, 3.63) is 58.7 Å². The Morgan fingerprint density at radius 2 is 2.04 bits per heavy atom. The standard InChI is InChI=1S/C19H17ClN2S2/c1-23-22-15-4-5-16(17(20)10-15)19-9-14(11-24-19)13-6-7-21-18(8-13)12-2-3-12/h4-12,22H,2-3H2,1H3. The smallest absolute Gasteiger partial charge is 0.0513 e. The maximum atomic E-state index is 6.48. The van der Waals surface area contributed by atoms with Gasteiger partial charge in [-0.15, -0.1) is 11.3 Å². The summed E-state index contributed by atoms with van der Waals surface area (Å²) in [7, 11) is 0. The highest BCUT2D eigenvalue weighted by atomic mass is 35.5. The molecule has 0 unspecified atom stereocenters. The minimum atomic E-state index is 0.675. The van der Waals surface area contributed by atoms with E-state index >= 15 is 0 Å². The highest BCUT2D eigenvalue weighted by Gasteiger charge is 2.25. The van der Waals surface area contributed by atoms with E-state index in [1.807, 2.05) is 18.5 Å². The number of hydrogen-bond donors (Lipinski definition) is 1. The molecule has 24 heavy (non-hydrogen) atoms. The third-order valence-corrected chi connectivity index (χ3v) is 5.88. The van der Waals surface area contributed by atoms with Crippen LogP contribution in [0.4, 0.5) is 5.69 Å². The van der Waals surface area contributed by atoms with Crippen LogP contribution in [0.25, 0.3) is 21.6 Å². The number of aromatic nitrogens is 1. The number of nitrogens with one attached hydrogen (secondary N) is 1. The van der Waals surface area contributed by atoms with E-state index in [0.29, 0.717) is 5.92 Å². The second kappa shape index (κ2) is 6.79. The van der Waals surface area contributed by atoms with Gasteiger partial charge < -0.3 is 4.72 Å². The third-order valence-electron chi connectivity index (χ3n) is 4.16. The molecule has 0 atom stereocenters. The number of nitrogens with zero attached hydrogens (tertiary/aromatic N) is 1. The molecule has 0 amide bonds. The fourth-order valence-electron chi connectivity index (χ4n) is 2.76. The van der Waals surface area contributed by atoms with Crippen LogP contribution in [0, 0.1) is 0 Å². The molecule has 0 bridgehead atoms. The number of halogens is 1. The molecule has 1 aliphatic rings. The molecule has 0 radical (unpaired) electrons. The molecule has 1 fully saturated rings. The van der Waals surface area contributed by atoms with Gasteiger partial charge >= 0.3 is 0 Å². The average molecular weight is 373 g/mol. The van der Waals surface area contributed by atoms with Crippen molar-refractivity contribution in [1.29, 1.82) is 0 Å². The second-order valence-corrected chi connectivity index (χ2v) is 7.87. The Bertz CT molecular complexity index is 871. The summed E-state index contributed by atoms with van der Waals surface area (Å²) in [5, 5.41) is 2.97. The quantitative estimate of drug-likeness (QED) is 0.504. The van der Waals surface area contributed by atoms with E-state index in [-0.39, 0.29) is 0 Å². The Balaban J connectivity index is 1.64.